The van der Waals surface area contributed by atoms with Gasteiger partial charge in [0.15, 0.2) is 0 Å². The molecule has 20 heavy (non-hydrogen) atoms. The molecule has 0 unspecified atom stereocenters. The summed E-state index contributed by atoms with van der Waals surface area (Å²) < 4.78 is 49.0. The fourth-order valence-electron chi connectivity index (χ4n) is 1.50. The minimum atomic E-state index is -4.07. The lowest BCUT2D eigenvalue weighted by molar-refractivity contribution is 0.598. The highest BCUT2D eigenvalue weighted by molar-refractivity contribution is 7.93. The number of anilines is 2. The molecule has 0 saturated heterocycles. The number of para-hydroxylation sites is 1. The van der Waals surface area contributed by atoms with Gasteiger partial charge in [0.25, 0.3) is 10.0 Å². The van der Waals surface area contributed by atoms with E-state index < -0.39 is 20.0 Å². The highest BCUT2D eigenvalue weighted by atomic mass is 32.2. The molecule has 0 radical (unpaired) electrons. The van der Waals surface area contributed by atoms with Crippen molar-refractivity contribution in [2.24, 2.45) is 5.14 Å². The summed E-state index contributed by atoms with van der Waals surface area (Å²) in [4.78, 5) is -0.632. The fraction of sp³-hybridized carbons (Fsp3) is 0. The summed E-state index contributed by atoms with van der Waals surface area (Å²) >= 11 is 0. The number of primary sulfonamides is 1. The standard InChI is InChI=1S/C9H11N5O4S2/c10-9-8(5-12-13-9)20(17,18)14-6-3-1-2-4-7(6)19(11,15)16/h1-5,14H,(H3,10,12,13)(H2,11,15,16). The van der Waals surface area contributed by atoms with E-state index in [1.54, 1.807) is 0 Å². The zero-order valence-corrected chi connectivity index (χ0v) is 11.6. The summed E-state index contributed by atoms with van der Waals surface area (Å²) in [7, 11) is -8.14. The van der Waals surface area contributed by atoms with Crippen LogP contribution in [0.15, 0.2) is 40.3 Å². The van der Waals surface area contributed by atoms with Crippen molar-refractivity contribution >= 4 is 31.6 Å². The molecule has 2 rings (SSSR count). The van der Waals surface area contributed by atoms with Crippen LogP contribution in [-0.2, 0) is 20.0 Å². The predicted octanol–water partition coefficient (Wildman–Crippen LogP) is -0.560. The van der Waals surface area contributed by atoms with Gasteiger partial charge in [0.1, 0.15) is 15.6 Å². The Kier molecular flexibility index (Phi) is 3.41. The molecule has 0 aliphatic carbocycles. The number of rotatable bonds is 4. The first-order chi connectivity index (χ1) is 9.22. The normalized spacial score (nSPS) is 12.2. The zero-order valence-electron chi connectivity index (χ0n) is 9.94. The van der Waals surface area contributed by atoms with E-state index in [1.807, 2.05) is 0 Å². The van der Waals surface area contributed by atoms with E-state index in [0.717, 1.165) is 6.20 Å². The topological polar surface area (TPSA) is 161 Å². The quantitative estimate of drug-likeness (QED) is 0.591. The van der Waals surface area contributed by atoms with Crippen molar-refractivity contribution in [2.45, 2.75) is 9.79 Å². The van der Waals surface area contributed by atoms with Crippen molar-refractivity contribution in [3.05, 3.63) is 30.5 Å². The van der Waals surface area contributed by atoms with Crippen LogP contribution in [0.4, 0.5) is 11.5 Å². The van der Waals surface area contributed by atoms with Crippen LogP contribution in [-0.4, -0.2) is 27.0 Å². The number of sulfonamides is 2. The van der Waals surface area contributed by atoms with Gasteiger partial charge >= 0.3 is 0 Å². The summed E-state index contributed by atoms with van der Waals surface area (Å²) in [5, 5.41) is 10.8. The number of aromatic nitrogens is 2. The van der Waals surface area contributed by atoms with Gasteiger partial charge < -0.3 is 5.73 Å². The molecule has 1 aromatic heterocycles. The van der Waals surface area contributed by atoms with E-state index in [4.69, 9.17) is 10.9 Å². The predicted molar refractivity (Wildman–Crippen MR) is 71.6 cm³/mol. The molecule has 0 atom stereocenters. The largest absolute Gasteiger partial charge is 0.383 e. The van der Waals surface area contributed by atoms with Crippen LogP contribution in [0.5, 0.6) is 0 Å². The minimum Gasteiger partial charge on any atom is -0.383 e. The third-order valence-corrected chi connectivity index (χ3v) is 4.72. The smallest absolute Gasteiger partial charge is 0.267 e. The average Bonchev–Trinajstić information content (AvgIpc) is 2.75. The average molecular weight is 317 g/mol. The van der Waals surface area contributed by atoms with Gasteiger partial charge in [-0.2, -0.15) is 5.10 Å². The number of hydrogen-bond donors (Lipinski definition) is 4. The van der Waals surface area contributed by atoms with Gasteiger partial charge in [-0.25, -0.2) is 22.0 Å². The highest BCUT2D eigenvalue weighted by Gasteiger charge is 2.22. The van der Waals surface area contributed by atoms with Crippen LogP contribution >= 0.6 is 0 Å². The molecule has 0 saturated carbocycles. The van der Waals surface area contributed by atoms with Gasteiger partial charge in [0, 0.05) is 0 Å². The van der Waals surface area contributed by atoms with Crippen molar-refractivity contribution in [3.8, 4) is 0 Å². The lowest BCUT2D eigenvalue weighted by atomic mass is 10.3. The molecule has 0 aliphatic rings. The zero-order chi connectivity index (χ0) is 15.0. The summed E-state index contributed by atoms with van der Waals surface area (Å²) in [5.41, 5.74) is 5.25. The Morgan fingerprint density at radius 2 is 1.75 bits per heavy atom. The number of aromatic amines is 1. The second-order valence-corrected chi connectivity index (χ2v) is 6.98. The number of nitrogen functional groups attached to an aromatic ring is 1. The molecule has 6 N–H and O–H groups in total. The van der Waals surface area contributed by atoms with E-state index in [1.165, 1.54) is 24.3 Å². The van der Waals surface area contributed by atoms with Crippen molar-refractivity contribution < 1.29 is 16.8 Å². The van der Waals surface area contributed by atoms with E-state index in [2.05, 4.69) is 14.9 Å². The van der Waals surface area contributed by atoms with Crippen LogP contribution in [0.25, 0.3) is 0 Å². The third kappa shape index (κ3) is 2.74. The molecule has 0 spiro atoms. The Balaban J connectivity index is 2.49. The summed E-state index contributed by atoms with van der Waals surface area (Å²) in [5.74, 6) is -0.161. The second kappa shape index (κ2) is 4.77. The van der Waals surface area contributed by atoms with Crippen LogP contribution < -0.4 is 15.6 Å². The molecular formula is C9H11N5O4S2. The first-order valence-corrected chi connectivity index (χ1v) is 8.18. The molecule has 0 aliphatic heterocycles. The molecular weight excluding hydrogens is 306 g/mol. The lowest BCUT2D eigenvalue weighted by Gasteiger charge is -2.10. The first kappa shape index (κ1) is 14.3. The molecule has 11 heteroatoms. The molecule has 9 nitrogen and oxygen atoms in total. The monoisotopic (exact) mass is 317 g/mol. The number of nitrogens with two attached hydrogens (primary N) is 2. The molecule has 0 fully saturated rings. The number of nitrogens with one attached hydrogen (secondary N) is 2. The molecule has 2 aromatic rings. The maximum atomic E-state index is 12.1. The number of hydrogen-bond acceptors (Lipinski definition) is 6. The Labute approximate surface area is 115 Å². The van der Waals surface area contributed by atoms with Gasteiger partial charge in [-0.05, 0) is 12.1 Å². The van der Waals surface area contributed by atoms with E-state index in [-0.39, 0.29) is 21.3 Å². The van der Waals surface area contributed by atoms with Crippen LogP contribution in [0.1, 0.15) is 0 Å². The molecule has 1 heterocycles. The Morgan fingerprint density at radius 1 is 1.10 bits per heavy atom. The van der Waals surface area contributed by atoms with E-state index in [9.17, 15) is 16.8 Å². The number of H-pyrrole nitrogens is 1. The van der Waals surface area contributed by atoms with Gasteiger partial charge in [0.2, 0.25) is 10.0 Å². The van der Waals surface area contributed by atoms with Crippen LogP contribution in [0.3, 0.4) is 0 Å². The fourth-order valence-corrected chi connectivity index (χ4v) is 3.36. The van der Waals surface area contributed by atoms with Crippen LogP contribution in [0.2, 0.25) is 0 Å². The van der Waals surface area contributed by atoms with Gasteiger partial charge in [-0.3, -0.25) is 9.82 Å². The Hall–Kier alpha value is -2.11. The van der Waals surface area contributed by atoms with E-state index in [0.29, 0.717) is 0 Å². The van der Waals surface area contributed by atoms with Crippen molar-refractivity contribution in [1.82, 2.24) is 10.2 Å². The molecule has 0 bridgehead atoms. The van der Waals surface area contributed by atoms with Gasteiger partial charge in [-0.15, -0.1) is 0 Å². The first-order valence-electron chi connectivity index (χ1n) is 5.15. The second-order valence-electron chi connectivity index (χ2n) is 3.79. The maximum absolute atomic E-state index is 12.1. The molecule has 108 valence electrons. The van der Waals surface area contributed by atoms with Crippen molar-refractivity contribution in [1.29, 1.82) is 0 Å². The SMILES string of the molecule is Nc1[nH]ncc1S(=O)(=O)Nc1ccccc1S(N)(=O)=O. The highest BCUT2D eigenvalue weighted by Crippen LogP contribution is 2.24. The summed E-state index contributed by atoms with van der Waals surface area (Å²) in [6.45, 7) is 0. The number of nitrogens with zero attached hydrogens (tertiary/aromatic N) is 1. The van der Waals surface area contributed by atoms with Gasteiger partial charge in [0.05, 0.1) is 11.9 Å². The molecule has 1 aromatic carbocycles. The number of benzene rings is 1. The maximum Gasteiger partial charge on any atom is 0.267 e. The van der Waals surface area contributed by atoms with Crippen molar-refractivity contribution in [2.75, 3.05) is 10.5 Å². The lowest BCUT2D eigenvalue weighted by Crippen LogP contribution is -2.19. The van der Waals surface area contributed by atoms with Gasteiger partial charge in [-0.1, -0.05) is 12.1 Å². The summed E-state index contributed by atoms with van der Waals surface area (Å²) in [6.07, 6.45) is 1.01. The third-order valence-electron chi connectivity index (χ3n) is 2.36. The van der Waals surface area contributed by atoms with Crippen LogP contribution in [0, 0.1) is 0 Å². The Morgan fingerprint density at radius 3 is 2.30 bits per heavy atom. The summed E-state index contributed by atoms with van der Waals surface area (Å²) in [6, 6.07) is 5.34. The molecule has 0 amide bonds. The minimum absolute atomic E-state index is 0.161. The van der Waals surface area contributed by atoms with E-state index >= 15 is 0 Å². The Bertz CT molecular complexity index is 841. The van der Waals surface area contributed by atoms with Crippen molar-refractivity contribution in [3.63, 3.8) is 0 Å².